The molecule has 0 atom stereocenters. The van der Waals surface area contributed by atoms with Gasteiger partial charge in [-0.15, -0.1) is 0 Å². The smallest absolute Gasteiger partial charge is 0.138 e. The molecule has 0 saturated carbocycles. The van der Waals surface area contributed by atoms with Crippen molar-refractivity contribution in [1.82, 2.24) is 5.32 Å². The van der Waals surface area contributed by atoms with Crippen molar-refractivity contribution in [2.75, 3.05) is 6.54 Å². The summed E-state index contributed by atoms with van der Waals surface area (Å²) in [6, 6.07) is 6.63. The van der Waals surface area contributed by atoms with Gasteiger partial charge >= 0.3 is 0 Å². The van der Waals surface area contributed by atoms with Crippen LogP contribution in [0.1, 0.15) is 37.0 Å². The number of aryl methyl sites for hydroxylation is 2. The molecule has 0 aliphatic rings. The van der Waals surface area contributed by atoms with Crippen molar-refractivity contribution in [3.05, 3.63) is 34.9 Å². The molecule has 1 rings (SSSR count). The highest BCUT2D eigenvalue weighted by Gasteiger charge is 2.08. The molecule has 0 saturated heterocycles. The van der Waals surface area contributed by atoms with Crippen LogP contribution in [0.2, 0.25) is 0 Å². The summed E-state index contributed by atoms with van der Waals surface area (Å²) in [5.74, 6) is 0.315. The molecule has 0 fully saturated rings. The van der Waals surface area contributed by atoms with Gasteiger partial charge in [0, 0.05) is 25.4 Å². The van der Waals surface area contributed by atoms with Crippen LogP contribution in [0.3, 0.4) is 0 Å². The third-order valence-electron chi connectivity index (χ3n) is 2.97. The minimum absolute atomic E-state index is 0.315. The Morgan fingerprint density at radius 2 is 1.82 bits per heavy atom. The Morgan fingerprint density at radius 1 is 1.24 bits per heavy atom. The molecule has 0 aromatic heterocycles. The Morgan fingerprint density at radius 3 is 2.35 bits per heavy atom. The maximum Gasteiger partial charge on any atom is 0.138 e. The molecular weight excluding hydrogens is 210 g/mol. The lowest BCUT2D eigenvalue weighted by molar-refractivity contribution is -0.118. The predicted molar refractivity (Wildman–Crippen MR) is 72.4 cm³/mol. The number of carbonyl (C=O) groups is 1. The normalized spacial score (nSPS) is 10.9. The summed E-state index contributed by atoms with van der Waals surface area (Å²) < 4.78 is 0. The van der Waals surface area contributed by atoms with Crippen LogP contribution >= 0.6 is 0 Å². The molecule has 0 aliphatic carbocycles. The van der Waals surface area contributed by atoms with Crippen molar-refractivity contribution in [2.24, 2.45) is 0 Å². The molecule has 0 radical (unpaired) electrons. The van der Waals surface area contributed by atoms with E-state index in [4.69, 9.17) is 0 Å². The molecule has 0 aliphatic heterocycles. The molecule has 0 spiro atoms. The van der Waals surface area contributed by atoms with Gasteiger partial charge in [-0.05, 0) is 30.5 Å². The van der Waals surface area contributed by atoms with E-state index < -0.39 is 0 Å². The lowest BCUT2D eigenvalue weighted by Gasteiger charge is -2.10. The predicted octanol–water partition coefficient (Wildman–Crippen LogP) is 2.80. The van der Waals surface area contributed by atoms with Gasteiger partial charge in [0.1, 0.15) is 5.78 Å². The van der Waals surface area contributed by atoms with Crippen LogP contribution in [0.5, 0.6) is 0 Å². The number of carbonyl (C=O) groups excluding carboxylic acids is 1. The van der Waals surface area contributed by atoms with Crippen LogP contribution in [0.25, 0.3) is 0 Å². The number of benzene rings is 1. The largest absolute Gasteiger partial charge is 0.314 e. The Kier molecular flexibility index (Phi) is 5.36. The van der Waals surface area contributed by atoms with Gasteiger partial charge in [0.2, 0.25) is 0 Å². The number of nitrogens with one attached hydrogen (secondary N) is 1. The molecule has 1 aromatic carbocycles. The minimum Gasteiger partial charge on any atom is -0.314 e. The summed E-state index contributed by atoms with van der Waals surface area (Å²) in [5, 5.41) is 3.27. The molecule has 2 nitrogen and oxygen atoms in total. The maximum absolute atomic E-state index is 11.9. The fourth-order valence-corrected chi connectivity index (χ4v) is 1.91. The van der Waals surface area contributed by atoms with E-state index in [-0.39, 0.29) is 0 Å². The second-order valence-corrected chi connectivity index (χ2v) is 4.94. The van der Waals surface area contributed by atoms with E-state index in [1.54, 1.807) is 0 Å². The monoisotopic (exact) mass is 233 g/mol. The van der Waals surface area contributed by atoms with Crippen molar-refractivity contribution in [3.63, 3.8) is 0 Å². The van der Waals surface area contributed by atoms with E-state index in [0.29, 0.717) is 24.7 Å². The van der Waals surface area contributed by atoms with Crippen LogP contribution in [-0.2, 0) is 11.2 Å². The van der Waals surface area contributed by atoms with Crippen molar-refractivity contribution < 1.29 is 4.79 Å². The zero-order valence-electron chi connectivity index (χ0n) is 11.3. The first kappa shape index (κ1) is 13.9. The third-order valence-corrected chi connectivity index (χ3v) is 2.97. The molecule has 1 N–H and O–H groups in total. The summed E-state index contributed by atoms with van der Waals surface area (Å²) in [4.78, 5) is 11.9. The number of rotatable bonds is 6. The first-order chi connectivity index (χ1) is 8.00. The Balaban J connectivity index is 2.51. The van der Waals surface area contributed by atoms with Crippen molar-refractivity contribution in [2.45, 2.75) is 46.6 Å². The van der Waals surface area contributed by atoms with Gasteiger partial charge in [-0.25, -0.2) is 0 Å². The van der Waals surface area contributed by atoms with E-state index in [1.165, 1.54) is 16.7 Å². The first-order valence-corrected chi connectivity index (χ1v) is 6.31. The van der Waals surface area contributed by atoms with Crippen LogP contribution in [0.4, 0.5) is 0 Å². The van der Waals surface area contributed by atoms with Gasteiger partial charge in [0.25, 0.3) is 0 Å². The van der Waals surface area contributed by atoms with Crippen LogP contribution in [-0.4, -0.2) is 18.4 Å². The van der Waals surface area contributed by atoms with E-state index in [1.807, 2.05) is 6.07 Å². The molecule has 0 unspecified atom stereocenters. The SMILES string of the molecule is Cc1cccc(C)c1CC(=O)CCNC(C)C. The molecular formula is C15H23NO. The van der Waals surface area contributed by atoms with Crippen LogP contribution < -0.4 is 5.32 Å². The number of ketones is 1. The van der Waals surface area contributed by atoms with Gasteiger partial charge in [-0.2, -0.15) is 0 Å². The minimum atomic E-state index is 0.315. The Labute approximate surface area is 104 Å². The molecule has 0 heterocycles. The number of hydrogen-bond donors (Lipinski definition) is 1. The van der Waals surface area contributed by atoms with Crippen molar-refractivity contribution in [3.8, 4) is 0 Å². The highest BCUT2D eigenvalue weighted by Crippen LogP contribution is 2.14. The summed E-state index contributed by atoms with van der Waals surface area (Å²) in [6.07, 6.45) is 1.18. The van der Waals surface area contributed by atoms with Crippen molar-refractivity contribution >= 4 is 5.78 Å². The Bertz CT molecular complexity index is 362. The average molecular weight is 233 g/mol. The molecule has 17 heavy (non-hydrogen) atoms. The summed E-state index contributed by atoms with van der Waals surface area (Å²) >= 11 is 0. The Hall–Kier alpha value is -1.15. The topological polar surface area (TPSA) is 29.1 Å². The van der Waals surface area contributed by atoms with Gasteiger partial charge in [-0.1, -0.05) is 32.0 Å². The van der Waals surface area contributed by atoms with E-state index in [2.05, 4.69) is 45.1 Å². The highest BCUT2D eigenvalue weighted by atomic mass is 16.1. The molecule has 2 heteroatoms. The lowest BCUT2D eigenvalue weighted by atomic mass is 9.97. The fourth-order valence-electron chi connectivity index (χ4n) is 1.91. The van der Waals surface area contributed by atoms with E-state index in [0.717, 1.165) is 6.54 Å². The molecule has 0 bridgehead atoms. The summed E-state index contributed by atoms with van der Waals surface area (Å²) in [6.45, 7) is 9.11. The average Bonchev–Trinajstić information content (AvgIpc) is 2.23. The number of Topliss-reactive ketones (excluding diaryl/α,β-unsaturated/α-hetero) is 1. The van der Waals surface area contributed by atoms with Gasteiger partial charge < -0.3 is 5.32 Å². The first-order valence-electron chi connectivity index (χ1n) is 6.31. The van der Waals surface area contributed by atoms with Crippen LogP contribution in [0, 0.1) is 13.8 Å². The zero-order chi connectivity index (χ0) is 12.8. The van der Waals surface area contributed by atoms with E-state index >= 15 is 0 Å². The quantitative estimate of drug-likeness (QED) is 0.818. The molecule has 0 amide bonds. The standard InChI is InChI=1S/C15H23NO/c1-11(2)16-9-8-14(17)10-15-12(3)6-5-7-13(15)4/h5-7,11,16H,8-10H2,1-4H3. The lowest BCUT2D eigenvalue weighted by Crippen LogP contribution is -2.25. The summed E-state index contributed by atoms with van der Waals surface area (Å²) in [7, 11) is 0. The second kappa shape index (κ2) is 6.55. The van der Waals surface area contributed by atoms with Crippen molar-refractivity contribution in [1.29, 1.82) is 0 Å². The van der Waals surface area contributed by atoms with Crippen LogP contribution in [0.15, 0.2) is 18.2 Å². The third kappa shape index (κ3) is 4.70. The zero-order valence-corrected chi connectivity index (χ0v) is 11.3. The van der Waals surface area contributed by atoms with Gasteiger partial charge in [0.05, 0.1) is 0 Å². The van der Waals surface area contributed by atoms with E-state index in [9.17, 15) is 4.79 Å². The summed E-state index contributed by atoms with van der Waals surface area (Å²) in [5.41, 5.74) is 3.63. The maximum atomic E-state index is 11.9. The van der Waals surface area contributed by atoms with Gasteiger partial charge in [-0.3, -0.25) is 4.79 Å². The van der Waals surface area contributed by atoms with Gasteiger partial charge in [0.15, 0.2) is 0 Å². The molecule has 94 valence electrons. The number of hydrogen-bond acceptors (Lipinski definition) is 2. The fraction of sp³-hybridized carbons (Fsp3) is 0.533. The second-order valence-electron chi connectivity index (χ2n) is 4.94. The highest BCUT2D eigenvalue weighted by molar-refractivity contribution is 5.81. The molecule has 1 aromatic rings.